The maximum atomic E-state index is 12.7. The van der Waals surface area contributed by atoms with Gasteiger partial charge in [-0.3, -0.25) is 4.79 Å². The number of rotatable bonds is 5. The molecule has 0 aliphatic carbocycles. The van der Waals surface area contributed by atoms with E-state index in [0.29, 0.717) is 28.8 Å². The van der Waals surface area contributed by atoms with Gasteiger partial charge in [0.1, 0.15) is 6.54 Å². The SMILES string of the molecule is CCN(Cc1nc(-c2ccc(Cl)cc2)no1)C(=O)c1ccccc1C. The number of hydrogen-bond donors (Lipinski definition) is 0. The van der Waals surface area contributed by atoms with Crippen molar-refractivity contribution in [2.24, 2.45) is 0 Å². The monoisotopic (exact) mass is 355 g/mol. The zero-order valence-electron chi connectivity index (χ0n) is 14.1. The van der Waals surface area contributed by atoms with E-state index >= 15 is 0 Å². The molecule has 6 heteroatoms. The Morgan fingerprint density at radius 2 is 1.88 bits per heavy atom. The zero-order valence-corrected chi connectivity index (χ0v) is 14.8. The van der Waals surface area contributed by atoms with Crippen molar-refractivity contribution in [2.75, 3.05) is 6.54 Å². The summed E-state index contributed by atoms with van der Waals surface area (Å²) in [4.78, 5) is 18.8. The Hall–Kier alpha value is -2.66. The normalized spacial score (nSPS) is 10.7. The molecule has 0 bridgehead atoms. The average molecular weight is 356 g/mol. The van der Waals surface area contributed by atoms with Gasteiger partial charge in [-0.05, 0) is 49.7 Å². The lowest BCUT2D eigenvalue weighted by molar-refractivity contribution is 0.0734. The minimum Gasteiger partial charge on any atom is -0.337 e. The fraction of sp³-hybridized carbons (Fsp3) is 0.211. The zero-order chi connectivity index (χ0) is 17.8. The molecule has 0 atom stereocenters. The molecule has 2 aromatic carbocycles. The number of amides is 1. The first-order valence-corrected chi connectivity index (χ1v) is 8.39. The summed E-state index contributed by atoms with van der Waals surface area (Å²) in [6, 6.07) is 14.7. The molecule has 1 heterocycles. The number of carbonyl (C=O) groups excluding carboxylic acids is 1. The molecule has 0 aliphatic heterocycles. The Morgan fingerprint density at radius 1 is 1.16 bits per heavy atom. The van der Waals surface area contributed by atoms with Crippen molar-refractivity contribution in [3.05, 3.63) is 70.6 Å². The van der Waals surface area contributed by atoms with Gasteiger partial charge < -0.3 is 9.42 Å². The van der Waals surface area contributed by atoms with Crippen LogP contribution in [0.2, 0.25) is 5.02 Å². The molecule has 3 rings (SSSR count). The van der Waals surface area contributed by atoms with Crippen LogP contribution in [-0.4, -0.2) is 27.5 Å². The van der Waals surface area contributed by atoms with Gasteiger partial charge in [0.25, 0.3) is 5.91 Å². The van der Waals surface area contributed by atoms with Crippen molar-refractivity contribution >= 4 is 17.5 Å². The molecule has 0 radical (unpaired) electrons. The molecule has 1 aromatic heterocycles. The van der Waals surface area contributed by atoms with E-state index in [1.165, 1.54) is 0 Å². The predicted octanol–water partition coefficient (Wildman–Crippen LogP) is 4.36. The first-order valence-electron chi connectivity index (χ1n) is 8.02. The van der Waals surface area contributed by atoms with E-state index in [1.807, 2.05) is 50.2 Å². The summed E-state index contributed by atoms with van der Waals surface area (Å²) >= 11 is 5.89. The van der Waals surface area contributed by atoms with Crippen LogP contribution in [0.15, 0.2) is 53.1 Å². The molecule has 1 amide bonds. The summed E-state index contributed by atoms with van der Waals surface area (Å²) in [5, 5.41) is 4.63. The Kier molecular flexibility index (Phi) is 5.14. The molecule has 128 valence electrons. The molecular weight excluding hydrogens is 338 g/mol. The average Bonchev–Trinajstić information content (AvgIpc) is 3.09. The lowest BCUT2D eigenvalue weighted by Gasteiger charge is -2.19. The summed E-state index contributed by atoms with van der Waals surface area (Å²) in [5.74, 6) is 0.826. The quantitative estimate of drug-likeness (QED) is 0.682. The Morgan fingerprint density at radius 3 is 2.56 bits per heavy atom. The third-order valence-electron chi connectivity index (χ3n) is 3.94. The maximum Gasteiger partial charge on any atom is 0.254 e. The topological polar surface area (TPSA) is 59.2 Å². The van der Waals surface area contributed by atoms with Crippen LogP contribution in [0, 0.1) is 6.92 Å². The van der Waals surface area contributed by atoms with Gasteiger partial charge in [0.05, 0.1) is 0 Å². The van der Waals surface area contributed by atoms with Gasteiger partial charge in [-0.1, -0.05) is 35.0 Å². The number of halogens is 1. The second kappa shape index (κ2) is 7.49. The highest BCUT2D eigenvalue weighted by Crippen LogP contribution is 2.19. The number of aryl methyl sites for hydroxylation is 1. The maximum absolute atomic E-state index is 12.7. The second-order valence-electron chi connectivity index (χ2n) is 5.65. The number of benzene rings is 2. The Balaban J connectivity index is 1.77. The van der Waals surface area contributed by atoms with Crippen LogP contribution < -0.4 is 0 Å². The largest absolute Gasteiger partial charge is 0.337 e. The minimum absolute atomic E-state index is 0.0492. The molecule has 0 N–H and O–H groups in total. The highest BCUT2D eigenvalue weighted by molar-refractivity contribution is 6.30. The van der Waals surface area contributed by atoms with E-state index in [1.54, 1.807) is 17.0 Å². The summed E-state index contributed by atoms with van der Waals surface area (Å²) in [6.07, 6.45) is 0. The molecule has 25 heavy (non-hydrogen) atoms. The van der Waals surface area contributed by atoms with Crippen molar-refractivity contribution in [1.29, 1.82) is 0 Å². The van der Waals surface area contributed by atoms with E-state index in [-0.39, 0.29) is 12.5 Å². The van der Waals surface area contributed by atoms with Gasteiger partial charge in [0, 0.05) is 22.7 Å². The molecular formula is C19H18ClN3O2. The van der Waals surface area contributed by atoms with E-state index in [9.17, 15) is 4.79 Å². The highest BCUT2D eigenvalue weighted by Gasteiger charge is 2.19. The van der Waals surface area contributed by atoms with Crippen molar-refractivity contribution < 1.29 is 9.32 Å². The summed E-state index contributed by atoms with van der Waals surface area (Å²) in [7, 11) is 0. The first-order chi connectivity index (χ1) is 12.1. The molecule has 0 aliphatic rings. The van der Waals surface area contributed by atoms with Crippen LogP contribution in [0.3, 0.4) is 0 Å². The van der Waals surface area contributed by atoms with Gasteiger partial charge in [-0.2, -0.15) is 4.98 Å². The van der Waals surface area contributed by atoms with Crippen LogP contribution in [0.4, 0.5) is 0 Å². The van der Waals surface area contributed by atoms with E-state index < -0.39 is 0 Å². The van der Waals surface area contributed by atoms with Crippen LogP contribution >= 0.6 is 11.6 Å². The number of nitrogens with zero attached hydrogens (tertiary/aromatic N) is 3. The molecule has 3 aromatic rings. The van der Waals surface area contributed by atoms with Crippen LogP contribution in [0.25, 0.3) is 11.4 Å². The predicted molar refractivity (Wildman–Crippen MR) is 96.3 cm³/mol. The number of carbonyl (C=O) groups is 1. The van der Waals surface area contributed by atoms with Crippen LogP contribution in [0.1, 0.15) is 28.7 Å². The molecule has 0 saturated carbocycles. The first kappa shape index (κ1) is 17.2. The van der Waals surface area contributed by atoms with Gasteiger partial charge in [0.15, 0.2) is 0 Å². The van der Waals surface area contributed by atoms with E-state index in [0.717, 1.165) is 11.1 Å². The third kappa shape index (κ3) is 3.88. The molecule has 0 saturated heterocycles. The van der Waals surface area contributed by atoms with Gasteiger partial charge in [-0.15, -0.1) is 0 Å². The molecule has 0 spiro atoms. The van der Waals surface area contributed by atoms with Gasteiger partial charge in [-0.25, -0.2) is 0 Å². The lowest BCUT2D eigenvalue weighted by atomic mass is 10.1. The third-order valence-corrected chi connectivity index (χ3v) is 4.19. The van der Waals surface area contributed by atoms with Crippen molar-refractivity contribution in [1.82, 2.24) is 15.0 Å². The molecule has 0 unspecified atom stereocenters. The van der Waals surface area contributed by atoms with Gasteiger partial charge in [0.2, 0.25) is 11.7 Å². The smallest absolute Gasteiger partial charge is 0.254 e. The molecule has 5 nitrogen and oxygen atoms in total. The minimum atomic E-state index is -0.0492. The fourth-order valence-corrected chi connectivity index (χ4v) is 2.63. The van der Waals surface area contributed by atoms with Crippen molar-refractivity contribution in [3.63, 3.8) is 0 Å². The van der Waals surface area contributed by atoms with Crippen molar-refractivity contribution in [3.8, 4) is 11.4 Å². The second-order valence-corrected chi connectivity index (χ2v) is 6.09. The summed E-state index contributed by atoms with van der Waals surface area (Å²) in [6.45, 7) is 4.66. The highest BCUT2D eigenvalue weighted by atomic mass is 35.5. The van der Waals surface area contributed by atoms with E-state index in [2.05, 4.69) is 10.1 Å². The summed E-state index contributed by atoms with van der Waals surface area (Å²) in [5.41, 5.74) is 2.44. The van der Waals surface area contributed by atoms with E-state index in [4.69, 9.17) is 16.1 Å². The summed E-state index contributed by atoms with van der Waals surface area (Å²) < 4.78 is 5.31. The Bertz CT molecular complexity index is 874. The number of hydrogen-bond acceptors (Lipinski definition) is 4. The standard InChI is InChI=1S/C19H18ClN3O2/c1-3-23(19(24)16-7-5-4-6-13(16)2)12-17-21-18(22-25-17)14-8-10-15(20)11-9-14/h4-11H,3,12H2,1-2H3. The van der Waals surface area contributed by atoms with Gasteiger partial charge >= 0.3 is 0 Å². The number of aromatic nitrogens is 2. The van der Waals surface area contributed by atoms with Crippen LogP contribution in [0.5, 0.6) is 0 Å². The van der Waals surface area contributed by atoms with Crippen molar-refractivity contribution in [2.45, 2.75) is 20.4 Å². The molecule has 0 fully saturated rings. The fourth-order valence-electron chi connectivity index (χ4n) is 2.51. The van der Waals surface area contributed by atoms with Crippen LogP contribution in [-0.2, 0) is 6.54 Å². The Labute approximate surface area is 151 Å². The lowest BCUT2D eigenvalue weighted by Crippen LogP contribution is -2.30.